The van der Waals surface area contributed by atoms with Gasteiger partial charge in [0.05, 0.1) is 17.9 Å². The summed E-state index contributed by atoms with van der Waals surface area (Å²) in [5.41, 5.74) is 0.901. The third-order valence-electron chi connectivity index (χ3n) is 3.66. The molecule has 0 aliphatic carbocycles. The molecule has 0 aliphatic rings. The van der Waals surface area contributed by atoms with Gasteiger partial charge < -0.3 is 15.4 Å². The molecule has 1 aromatic carbocycles. The number of ether oxygens (including phenoxy) is 1. The highest BCUT2D eigenvalue weighted by molar-refractivity contribution is 6.07. The molecule has 0 spiro atoms. The van der Waals surface area contributed by atoms with E-state index < -0.39 is 11.9 Å². The van der Waals surface area contributed by atoms with Gasteiger partial charge >= 0.3 is 5.97 Å². The zero-order chi connectivity index (χ0) is 18.8. The first-order chi connectivity index (χ1) is 12.7. The van der Waals surface area contributed by atoms with Crippen LogP contribution in [0.25, 0.3) is 0 Å². The van der Waals surface area contributed by atoms with Gasteiger partial charge in [0.15, 0.2) is 0 Å². The minimum absolute atomic E-state index is 0.219. The van der Waals surface area contributed by atoms with Gasteiger partial charge in [-0.1, -0.05) is 31.9 Å². The van der Waals surface area contributed by atoms with Crippen molar-refractivity contribution in [1.82, 2.24) is 9.97 Å². The third-order valence-corrected chi connectivity index (χ3v) is 3.66. The van der Waals surface area contributed by atoms with Crippen molar-refractivity contribution in [2.24, 2.45) is 0 Å². The van der Waals surface area contributed by atoms with Crippen molar-refractivity contribution >= 4 is 23.4 Å². The normalized spacial score (nSPS) is 10.2. The lowest BCUT2D eigenvalue weighted by atomic mass is 10.1. The summed E-state index contributed by atoms with van der Waals surface area (Å²) in [6, 6.07) is 8.29. The topological polar surface area (TPSA) is 93.2 Å². The van der Waals surface area contributed by atoms with E-state index in [4.69, 9.17) is 4.74 Å². The zero-order valence-electron chi connectivity index (χ0n) is 15.1. The van der Waals surface area contributed by atoms with Crippen molar-refractivity contribution in [3.8, 4) is 0 Å². The highest BCUT2D eigenvalue weighted by Gasteiger charge is 2.16. The summed E-state index contributed by atoms with van der Waals surface area (Å²) >= 11 is 0. The van der Waals surface area contributed by atoms with Gasteiger partial charge in [0.25, 0.3) is 5.91 Å². The van der Waals surface area contributed by atoms with Crippen LogP contribution < -0.4 is 10.6 Å². The van der Waals surface area contributed by atoms with E-state index in [1.165, 1.54) is 6.33 Å². The highest BCUT2D eigenvalue weighted by atomic mass is 16.5. The third kappa shape index (κ3) is 5.54. The van der Waals surface area contributed by atoms with Gasteiger partial charge in [-0.05, 0) is 25.5 Å². The van der Waals surface area contributed by atoms with E-state index in [1.54, 1.807) is 37.3 Å². The first kappa shape index (κ1) is 19.4. The average Bonchev–Trinajstić information content (AvgIpc) is 2.66. The van der Waals surface area contributed by atoms with E-state index in [2.05, 4.69) is 27.5 Å². The van der Waals surface area contributed by atoms with Crippen LogP contribution in [-0.2, 0) is 4.74 Å². The Kier molecular flexibility index (Phi) is 7.54. The number of benzene rings is 1. The van der Waals surface area contributed by atoms with Crippen LogP contribution in [0, 0.1) is 0 Å². The molecule has 2 aromatic rings. The largest absolute Gasteiger partial charge is 0.462 e. The molecule has 0 unspecified atom stereocenters. The molecule has 0 aliphatic heterocycles. The fourth-order valence-electron chi connectivity index (χ4n) is 2.33. The molecule has 0 radical (unpaired) electrons. The maximum absolute atomic E-state index is 12.5. The van der Waals surface area contributed by atoms with Crippen LogP contribution in [0.3, 0.4) is 0 Å². The van der Waals surface area contributed by atoms with Gasteiger partial charge in [-0.2, -0.15) is 0 Å². The van der Waals surface area contributed by atoms with E-state index in [0.717, 1.165) is 25.8 Å². The Morgan fingerprint density at radius 2 is 1.92 bits per heavy atom. The number of anilines is 2. The molecule has 1 amide bonds. The van der Waals surface area contributed by atoms with Gasteiger partial charge in [0.1, 0.15) is 17.8 Å². The maximum Gasteiger partial charge on any atom is 0.340 e. The molecular weight excluding hydrogens is 332 g/mol. The van der Waals surface area contributed by atoms with E-state index in [0.29, 0.717) is 17.1 Å². The molecule has 1 heterocycles. The number of aromatic nitrogens is 2. The Hall–Kier alpha value is -2.96. The summed E-state index contributed by atoms with van der Waals surface area (Å²) in [7, 11) is 0. The summed E-state index contributed by atoms with van der Waals surface area (Å²) in [5, 5.41) is 5.89. The summed E-state index contributed by atoms with van der Waals surface area (Å²) < 4.78 is 5.01. The van der Waals surface area contributed by atoms with Crippen molar-refractivity contribution in [2.75, 3.05) is 23.8 Å². The van der Waals surface area contributed by atoms with Crippen molar-refractivity contribution < 1.29 is 14.3 Å². The second kappa shape index (κ2) is 10.1. The summed E-state index contributed by atoms with van der Waals surface area (Å²) in [4.78, 5) is 32.6. The quantitative estimate of drug-likeness (QED) is 0.527. The standard InChI is InChI=1S/C19H24N4O3/c1-3-5-8-11-20-17-12-16(21-13-22-17)18(24)23-15-10-7-6-9-14(15)19(25)26-4-2/h6-7,9-10,12-13H,3-5,8,11H2,1-2H3,(H,23,24)(H,20,21,22). The number of rotatable bonds is 9. The minimum Gasteiger partial charge on any atom is -0.462 e. The Morgan fingerprint density at radius 1 is 1.12 bits per heavy atom. The van der Waals surface area contributed by atoms with Crippen molar-refractivity contribution in [3.05, 3.63) is 47.9 Å². The first-order valence-corrected chi connectivity index (χ1v) is 8.79. The number of para-hydroxylation sites is 1. The van der Waals surface area contributed by atoms with Crippen LogP contribution in [0.2, 0.25) is 0 Å². The van der Waals surface area contributed by atoms with Gasteiger partial charge in [-0.15, -0.1) is 0 Å². The Balaban J connectivity index is 2.07. The lowest BCUT2D eigenvalue weighted by Gasteiger charge is -2.10. The second-order valence-electron chi connectivity index (χ2n) is 5.64. The number of hydrogen-bond acceptors (Lipinski definition) is 6. The van der Waals surface area contributed by atoms with Crippen LogP contribution >= 0.6 is 0 Å². The van der Waals surface area contributed by atoms with Crippen LogP contribution in [0.5, 0.6) is 0 Å². The number of carbonyl (C=O) groups excluding carboxylic acids is 2. The molecular formula is C19H24N4O3. The first-order valence-electron chi connectivity index (χ1n) is 8.79. The average molecular weight is 356 g/mol. The number of nitrogens with one attached hydrogen (secondary N) is 2. The summed E-state index contributed by atoms with van der Waals surface area (Å²) in [6.45, 7) is 4.92. The minimum atomic E-state index is -0.482. The predicted octanol–water partition coefficient (Wildman–Crippen LogP) is 3.51. The van der Waals surface area contributed by atoms with Gasteiger partial charge in [-0.25, -0.2) is 14.8 Å². The van der Waals surface area contributed by atoms with Crippen LogP contribution in [0.15, 0.2) is 36.7 Å². The monoisotopic (exact) mass is 356 g/mol. The fourth-order valence-corrected chi connectivity index (χ4v) is 2.33. The van der Waals surface area contributed by atoms with Crippen molar-refractivity contribution in [2.45, 2.75) is 33.1 Å². The molecule has 2 rings (SSSR count). The number of hydrogen-bond donors (Lipinski definition) is 2. The van der Waals surface area contributed by atoms with E-state index in [9.17, 15) is 9.59 Å². The predicted molar refractivity (Wildman–Crippen MR) is 100 cm³/mol. The molecule has 7 nitrogen and oxygen atoms in total. The summed E-state index contributed by atoms with van der Waals surface area (Å²) in [6.07, 6.45) is 4.65. The molecule has 0 saturated carbocycles. The van der Waals surface area contributed by atoms with E-state index in [-0.39, 0.29) is 12.3 Å². The number of nitrogens with zero attached hydrogens (tertiary/aromatic N) is 2. The second-order valence-corrected chi connectivity index (χ2v) is 5.64. The van der Waals surface area contributed by atoms with Gasteiger partial charge in [-0.3, -0.25) is 4.79 Å². The Morgan fingerprint density at radius 3 is 2.69 bits per heavy atom. The van der Waals surface area contributed by atoms with E-state index in [1.807, 2.05) is 0 Å². The highest BCUT2D eigenvalue weighted by Crippen LogP contribution is 2.17. The molecule has 0 saturated heterocycles. The SMILES string of the molecule is CCCCCNc1cc(C(=O)Nc2ccccc2C(=O)OCC)ncn1. The van der Waals surface area contributed by atoms with Crippen LogP contribution in [0.1, 0.15) is 54.0 Å². The maximum atomic E-state index is 12.5. The molecule has 7 heteroatoms. The number of carbonyl (C=O) groups is 2. The van der Waals surface area contributed by atoms with Gasteiger partial charge in [0, 0.05) is 12.6 Å². The van der Waals surface area contributed by atoms with Crippen LogP contribution in [-0.4, -0.2) is 35.0 Å². The number of amides is 1. The smallest absolute Gasteiger partial charge is 0.340 e. The van der Waals surface area contributed by atoms with Crippen molar-refractivity contribution in [1.29, 1.82) is 0 Å². The molecule has 26 heavy (non-hydrogen) atoms. The molecule has 2 N–H and O–H groups in total. The lowest BCUT2D eigenvalue weighted by molar-refractivity contribution is 0.0527. The van der Waals surface area contributed by atoms with Crippen LogP contribution in [0.4, 0.5) is 11.5 Å². The molecule has 0 fully saturated rings. The Bertz CT molecular complexity index is 749. The molecule has 138 valence electrons. The zero-order valence-corrected chi connectivity index (χ0v) is 15.1. The molecule has 0 bridgehead atoms. The lowest BCUT2D eigenvalue weighted by Crippen LogP contribution is -2.17. The molecule has 0 atom stereocenters. The number of esters is 1. The molecule has 1 aromatic heterocycles. The van der Waals surface area contributed by atoms with E-state index >= 15 is 0 Å². The fraction of sp³-hybridized carbons (Fsp3) is 0.368. The van der Waals surface area contributed by atoms with Gasteiger partial charge in [0.2, 0.25) is 0 Å². The number of unbranched alkanes of at least 4 members (excludes halogenated alkanes) is 2. The Labute approximate surface area is 153 Å². The van der Waals surface area contributed by atoms with Crippen molar-refractivity contribution in [3.63, 3.8) is 0 Å². The summed E-state index contributed by atoms with van der Waals surface area (Å²) in [5.74, 6) is -0.301.